The minimum absolute atomic E-state index is 0.0767. The fraction of sp³-hybridized carbons (Fsp3) is 0.562. The molecule has 1 amide bonds. The Labute approximate surface area is 135 Å². The summed E-state index contributed by atoms with van der Waals surface area (Å²) in [5.41, 5.74) is 2.02. The zero-order valence-electron chi connectivity index (χ0n) is 13.7. The summed E-state index contributed by atoms with van der Waals surface area (Å²) >= 11 is 0. The van der Waals surface area contributed by atoms with Crippen molar-refractivity contribution in [3.63, 3.8) is 0 Å². The van der Waals surface area contributed by atoms with Gasteiger partial charge < -0.3 is 14.2 Å². The fourth-order valence-corrected chi connectivity index (χ4v) is 3.05. The number of H-pyrrole nitrogens is 1. The molecule has 0 bridgehead atoms. The summed E-state index contributed by atoms with van der Waals surface area (Å²) in [6.07, 6.45) is 6.84. The van der Waals surface area contributed by atoms with E-state index in [0.29, 0.717) is 32.7 Å². The van der Waals surface area contributed by atoms with Gasteiger partial charge in [0.25, 0.3) is 0 Å². The molecule has 1 fully saturated rings. The average Bonchev–Trinajstić information content (AvgIpc) is 3.20. The van der Waals surface area contributed by atoms with Crippen LogP contribution in [0.5, 0.6) is 0 Å². The van der Waals surface area contributed by atoms with Crippen molar-refractivity contribution in [3.8, 4) is 0 Å². The van der Waals surface area contributed by atoms with Crippen LogP contribution in [-0.2, 0) is 22.5 Å². The molecule has 124 valence electrons. The van der Waals surface area contributed by atoms with Crippen molar-refractivity contribution >= 4 is 5.91 Å². The lowest BCUT2D eigenvalue weighted by Crippen LogP contribution is -2.44. The minimum Gasteiger partial charge on any atom is -0.377 e. The van der Waals surface area contributed by atoms with Crippen LogP contribution in [0.15, 0.2) is 18.6 Å². The van der Waals surface area contributed by atoms with Crippen molar-refractivity contribution in [1.82, 2.24) is 24.6 Å². The van der Waals surface area contributed by atoms with E-state index >= 15 is 0 Å². The largest absolute Gasteiger partial charge is 0.377 e. The number of nitrogens with one attached hydrogen (secondary N) is 1. The van der Waals surface area contributed by atoms with Crippen LogP contribution in [0.3, 0.4) is 0 Å². The number of carbonyl (C=O) groups excluding carboxylic acids is 1. The Balaban J connectivity index is 1.68. The first kappa shape index (κ1) is 15.7. The van der Waals surface area contributed by atoms with Gasteiger partial charge in [-0.1, -0.05) is 6.92 Å². The third-order valence-corrected chi connectivity index (χ3v) is 4.33. The Morgan fingerprint density at radius 2 is 2.39 bits per heavy atom. The topological polar surface area (TPSA) is 76.0 Å². The highest BCUT2D eigenvalue weighted by Gasteiger charge is 2.30. The molecule has 3 heterocycles. The Morgan fingerprint density at radius 3 is 3.13 bits per heavy atom. The molecule has 0 aliphatic carbocycles. The van der Waals surface area contributed by atoms with E-state index in [2.05, 4.69) is 26.7 Å². The number of aromatic amines is 1. The predicted molar refractivity (Wildman–Crippen MR) is 84.8 cm³/mol. The van der Waals surface area contributed by atoms with Crippen molar-refractivity contribution in [2.45, 2.75) is 39.3 Å². The molecule has 7 nitrogen and oxygen atoms in total. The number of nitrogens with zero attached hydrogens (tertiary/aromatic N) is 4. The third kappa shape index (κ3) is 3.29. The van der Waals surface area contributed by atoms with Crippen molar-refractivity contribution in [2.24, 2.45) is 0 Å². The summed E-state index contributed by atoms with van der Waals surface area (Å²) in [5.74, 6) is 1.16. The van der Waals surface area contributed by atoms with Gasteiger partial charge in [0, 0.05) is 38.3 Å². The Hall–Kier alpha value is -2.15. The molecule has 1 saturated heterocycles. The van der Waals surface area contributed by atoms with E-state index in [0.717, 1.165) is 23.5 Å². The molecule has 2 aromatic rings. The highest BCUT2D eigenvalue weighted by molar-refractivity contribution is 5.76. The minimum atomic E-state index is -0.0767. The number of hydrogen-bond acceptors (Lipinski definition) is 4. The molecule has 1 aliphatic heterocycles. The number of aromatic nitrogens is 4. The molecular formula is C16H23N5O2. The molecular weight excluding hydrogens is 294 g/mol. The van der Waals surface area contributed by atoms with Crippen molar-refractivity contribution in [2.75, 3.05) is 19.8 Å². The Bertz CT molecular complexity index is 663. The van der Waals surface area contributed by atoms with Crippen molar-refractivity contribution < 1.29 is 9.53 Å². The quantitative estimate of drug-likeness (QED) is 0.906. The molecule has 2 aromatic heterocycles. The maximum atomic E-state index is 12.7. The summed E-state index contributed by atoms with van der Waals surface area (Å²) in [4.78, 5) is 18.9. The van der Waals surface area contributed by atoms with E-state index in [-0.39, 0.29) is 11.9 Å². The number of rotatable bonds is 5. The van der Waals surface area contributed by atoms with Crippen LogP contribution in [0.1, 0.15) is 36.5 Å². The molecule has 0 saturated carbocycles. The van der Waals surface area contributed by atoms with Gasteiger partial charge >= 0.3 is 0 Å². The van der Waals surface area contributed by atoms with Gasteiger partial charge in [-0.15, -0.1) is 0 Å². The number of imidazole rings is 1. The molecule has 7 heteroatoms. The van der Waals surface area contributed by atoms with Gasteiger partial charge in [-0.05, 0) is 12.5 Å². The number of aryl methyl sites for hydroxylation is 3. The van der Waals surface area contributed by atoms with Crippen LogP contribution >= 0.6 is 0 Å². The number of carbonyl (C=O) groups is 1. The maximum Gasteiger partial charge on any atom is 0.225 e. The van der Waals surface area contributed by atoms with Gasteiger partial charge in [0.1, 0.15) is 5.82 Å². The lowest BCUT2D eigenvalue weighted by atomic mass is 10.1. The monoisotopic (exact) mass is 317 g/mol. The van der Waals surface area contributed by atoms with E-state index in [1.165, 1.54) is 0 Å². The predicted octanol–water partition coefficient (Wildman–Crippen LogP) is 1.47. The van der Waals surface area contributed by atoms with E-state index in [4.69, 9.17) is 4.74 Å². The van der Waals surface area contributed by atoms with Crippen LogP contribution in [0.25, 0.3) is 0 Å². The second kappa shape index (κ2) is 6.95. The summed E-state index contributed by atoms with van der Waals surface area (Å²) < 4.78 is 7.62. The SMILES string of the molecule is CCc1nccn1CCC(=O)N1CCOC[C@H]1c1[nH]ncc1C. The van der Waals surface area contributed by atoms with E-state index < -0.39 is 0 Å². The smallest absolute Gasteiger partial charge is 0.225 e. The fourth-order valence-electron chi connectivity index (χ4n) is 3.05. The summed E-state index contributed by atoms with van der Waals surface area (Å²) in [7, 11) is 0. The number of hydrogen-bond donors (Lipinski definition) is 1. The lowest BCUT2D eigenvalue weighted by Gasteiger charge is -2.35. The number of ether oxygens (including phenoxy) is 1. The first-order valence-corrected chi connectivity index (χ1v) is 8.07. The first-order chi connectivity index (χ1) is 11.2. The van der Waals surface area contributed by atoms with Crippen LogP contribution in [0.2, 0.25) is 0 Å². The van der Waals surface area contributed by atoms with Crippen molar-refractivity contribution in [1.29, 1.82) is 0 Å². The highest BCUT2D eigenvalue weighted by Crippen LogP contribution is 2.25. The molecule has 3 rings (SSSR count). The zero-order chi connectivity index (χ0) is 16.2. The Morgan fingerprint density at radius 1 is 1.52 bits per heavy atom. The second-order valence-electron chi connectivity index (χ2n) is 5.78. The zero-order valence-corrected chi connectivity index (χ0v) is 13.7. The van der Waals surface area contributed by atoms with Crippen molar-refractivity contribution in [3.05, 3.63) is 35.7 Å². The molecule has 0 unspecified atom stereocenters. The van der Waals surface area contributed by atoms with E-state index in [1.807, 2.05) is 18.0 Å². The van der Waals surface area contributed by atoms with E-state index in [9.17, 15) is 4.79 Å². The van der Waals surface area contributed by atoms with Gasteiger partial charge in [0.2, 0.25) is 5.91 Å². The van der Waals surface area contributed by atoms with Crippen LogP contribution in [-0.4, -0.2) is 50.3 Å². The van der Waals surface area contributed by atoms with Gasteiger partial charge in [-0.25, -0.2) is 4.98 Å². The van der Waals surface area contributed by atoms with Gasteiger partial charge in [-0.2, -0.15) is 5.10 Å². The van der Waals surface area contributed by atoms with Gasteiger partial charge in [-0.3, -0.25) is 9.89 Å². The highest BCUT2D eigenvalue weighted by atomic mass is 16.5. The van der Waals surface area contributed by atoms with Crippen LogP contribution in [0, 0.1) is 6.92 Å². The number of amides is 1. The molecule has 0 spiro atoms. The third-order valence-electron chi connectivity index (χ3n) is 4.33. The lowest BCUT2D eigenvalue weighted by molar-refractivity contribution is -0.140. The second-order valence-corrected chi connectivity index (χ2v) is 5.78. The maximum absolute atomic E-state index is 12.7. The molecule has 23 heavy (non-hydrogen) atoms. The molecule has 1 N–H and O–H groups in total. The Kier molecular flexibility index (Phi) is 4.76. The van der Waals surface area contributed by atoms with E-state index in [1.54, 1.807) is 12.4 Å². The summed E-state index contributed by atoms with van der Waals surface area (Å²) in [5, 5.41) is 7.08. The molecule has 1 aliphatic rings. The van der Waals surface area contributed by atoms with Gasteiger partial charge in [0.05, 0.1) is 31.1 Å². The van der Waals surface area contributed by atoms with Crippen LogP contribution in [0.4, 0.5) is 0 Å². The number of morpholine rings is 1. The van der Waals surface area contributed by atoms with Gasteiger partial charge in [0.15, 0.2) is 0 Å². The summed E-state index contributed by atoms with van der Waals surface area (Å²) in [6.45, 7) is 6.44. The average molecular weight is 317 g/mol. The first-order valence-electron chi connectivity index (χ1n) is 8.07. The van der Waals surface area contributed by atoms with Crippen LogP contribution < -0.4 is 0 Å². The molecule has 0 radical (unpaired) electrons. The molecule has 1 atom stereocenters. The molecule has 0 aromatic carbocycles. The summed E-state index contributed by atoms with van der Waals surface area (Å²) in [6, 6.07) is -0.0767. The standard InChI is InChI=1S/C16H23N5O2/c1-3-14-17-5-7-20(14)6-4-15(22)21-8-9-23-11-13(21)16-12(2)10-18-19-16/h5,7,10,13H,3-4,6,8-9,11H2,1-2H3,(H,18,19)/t13-/m0/s1. The normalized spacial score (nSPS) is 18.3.